The lowest BCUT2D eigenvalue weighted by molar-refractivity contribution is -0.0337. The normalized spacial score (nSPS) is 18.9. The molecule has 3 nitrogen and oxygen atoms in total. The van der Waals surface area contributed by atoms with Gasteiger partial charge in [0.25, 0.3) is 0 Å². The number of ether oxygens (including phenoxy) is 1. The number of rotatable bonds is 1. The zero-order chi connectivity index (χ0) is 14.0. The topological polar surface area (TPSA) is 29.5 Å². The Labute approximate surface area is 109 Å². The lowest BCUT2D eigenvalue weighted by Crippen LogP contribution is -2.42. The van der Waals surface area contributed by atoms with Gasteiger partial charge in [0, 0.05) is 18.3 Å². The van der Waals surface area contributed by atoms with E-state index in [4.69, 9.17) is 4.74 Å². The summed E-state index contributed by atoms with van der Waals surface area (Å²) in [6.07, 6.45) is 0.255. The van der Waals surface area contributed by atoms with Crippen molar-refractivity contribution in [3.05, 3.63) is 0 Å². The van der Waals surface area contributed by atoms with Gasteiger partial charge in [-0.05, 0) is 45.4 Å². The third-order valence-corrected chi connectivity index (χ3v) is 3.47. The number of carbonyl (C=O) groups is 1. The standard InChI is InChI=1S/C11H18F3NO2S/c1-10(2,3)17-9(16)15-6-4-8(5-7-15)18-11(12,13)14/h8H,4-7H2,1-3H3. The number of nitrogens with zero attached hydrogens (tertiary/aromatic N) is 1. The van der Waals surface area contributed by atoms with Gasteiger partial charge in [0.15, 0.2) is 0 Å². The summed E-state index contributed by atoms with van der Waals surface area (Å²) < 4.78 is 41.7. The molecule has 0 aromatic rings. The molecular weight excluding hydrogens is 267 g/mol. The highest BCUT2D eigenvalue weighted by molar-refractivity contribution is 8.00. The van der Waals surface area contributed by atoms with Gasteiger partial charge < -0.3 is 9.64 Å². The zero-order valence-corrected chi connectivity index (χ0v) is 11.5. The van der Waals surface area contributed by atoms with Gasteiger partial charge in [-0.3, -0.25) is 0 Å². The molecule has 0 aromatic carbocycles. The van der Waals surface area contributed by atoms with E-state index in [9.17, 15) is 18.0 Å². The number of likely N-dealkylation sites (tertiary alicyclic amines) is 1. The fraction of sp³-hybridized carbons (Fsp3) is 0.909. The van der Waals surface area contributed by atoms with Crippen LogP contribution in [0.25, 0.3) is 0 Å². The van der Waals surface area contributed by atoms with Crippen LogP contribution in [0.1, 0.15) is 33.6 Å². The Hall–Kier alpha value is -0.590. The largest absolute Gasteiger partial charge is 0.444 e. The van der Waals surface area contributed by atoms with E-state index in [1.165, 1.54) is 4.90 Å². The van der Waals surface area contributed by atoms with E-state index in [0.717, 1.165) is 0 Å². The van der Waals surface area contributed by atoms with Crippen molar-refractivity contribution in [1.82, 2.24) is 4.90 Å². The zero-order valence-electron chi connectivity index (χ0n) is 10.7. The molecule has 0 unspecified atom stereocenters. The maximum atomic E-state index is 12.2. The van der Waals surface area contributed by atoms with Crippen LogP contribution in [0.4, 0.5) is 18.0 Å². The average molecular weight is 285 g/mol. The second-order valence-corrected chi connectivity index (χ2v) is 6.60. The molecule has 0 aromatic heterocycles. The first kappa shape index (κ1) is 15.5. The van der Waals surface area contributed by atoms with E-state index >= 15 is 0 Å². The predicted molar refractivity (Wildman–Crippen MR) is 64.5 cm³/mol. The number of hydrogen-bond donors (Lipinski definition) is 0. The number of hydrogen-bond acceptors (Lipinski definition) is 3. The van der Waals surface area contributed by atoms with Gasteiger partial charge in [-0.2, -0.15) is 13.2 Å². The molecule has 1 aliphatic rings. The summed E-state index contributed by atoms with van der Waals surface area (Å²) >= 11 is 0.0258. The number of alkyl halides is 3. The molecule has 0 spiro atoms. The number of halogens is 3. The molecule has 1 amide bonds. The van der Waals surface area contributed by atoms with E-state index in [2.05, 4.69) is 0 Å². The lowest BCUT2D eigenvalue weighted by atomic mass is 10.1. The summed E-state index contributed by atoms with van der Waals surface area (Å²) in [7, 11) is 0. The fourth-order valence-corrected chi connectivity index (χ4v) is 2.50. The monoisotopic (exact) mass is 285 g/mol. The van der Waals surface area contributed by atoms with Crippen molar-refractivity contribution >= 4 is 17.9 Å². The number of amides is 1. The van der Waals surface area contributed by atoms with Crippen molar-refractivity contribution in [3.8, 4) is 0 Å². The van der Waals surface area contributed by atoms with Gasteiger partial charge >= 0.3 is 11.6 Å². The Kier molecular flexibility index (Phi) is 4.80. The summed E-state index contributed by atoms with van der Waals surface area (Å²) in [5.74, 6) is 0. The minimum absolute atomic E-state index is 0.0258. The third kappa shape index (κ3) is 5.84. The van der Waals surface area contributed by atoms with Crippen molar-refractivity contribution in [2.75, 3.05) is 13.1 Å². The molecule has 0 N–H and O–H groups in total. The molecule has 18 heavy (non-hydrogen) atoms. The SMILES string of the molecule is CC(C)(C)OC(=O)N1CCC(SC(F)(F)F)CC1. The van der Waals surface area contributed by atoms with Gasteiger partial charge in [-0.25, -0.2) is 4.79 Å². The summed E-state index contributed by atoms with van der Waals surface area (Å²) in [4.78, 5) is 13.2. The molecule has 0 radical (unpaired) electrons. The smallest absolute Gasteiger partial charge is 0.442 e. The van der Waals surface area contributed by atoms with E-state index < -0.39 is 22.5 Å². The van der Waals surface area contributed by atoms with Crippen molar-refractivity contribution < 1.29 is 22.7 Å². The van der Waals surface area contributed by atoms with Gasteiger partial charge in [-0.1, -0.05) is 0 Å². The molecule has 1 heterocycles. The quantitative estimate of drug-likeness (QED) is 0.736. The van der Waals surface area contributed by atoms with Crippen LogP contribution in [0.5, 0.6) is 0 Å². The van der Waals surface area contributed by atoms with Crippen LogP contribution >= 0.6 is 11.8 Å². The van der Waals surface area contributed by atoms with E-state index in [-0.39, 0.29) is 11.8 Å². The summed E-state index contributed by atoms with van der Waals surface area (Å²) in [5, 5.41) is -0.455. The first-order chi connectivity index (χ1) is 8.07. The van der Waals surface area contributed by atoms with Crippen LogP contribution in [0.2, 0.25) is 0 Å². The number of piperidine rings is 1. The molecule has 0 bridgehead atoms. The van der Waals surface area contributed by atoms with E-state index in [1.807, 2.05) is 0 Å². The van der Waals surface area contributed by atoms with Crippen molar-refractivity contribution in [2.45, 2.75) is 50.0 Å². The Morgan fingerprint density at radius 1 is 1.22 bits per heavy atom. The lowest BCUT2D eigenvalue weighted by Gasteiger charge is -2.33. The average Bonchev–Trinajstić information content (AvgIpc) is 2.13. The molecule has 1 rings (SSSR count). The predicted octanol–water partition coefficient (Wildman–Crippen LogP) is 3.64. The maximum Gasteiger partial charge on any atom is 0.442 e. The van der Waals surface area contributed by atoms with Crippen LogP contribution in [-0.4, -0.2) is 40.4 Å². The Morgan fingerprint density at radius 2 is 1.72 bits per heavy atom. The van der Waals surface area contributed by atoms with Gasteiger partial charge in [-0.15, -0.1) is 0 Å². The molecule has 7 heteroatoms. The van der Waals surface area contributed by atoms with Crippen molar-refractivity contribution in [1.29, 1.82) is 0 Å². The molecule has 0 aliphatic carbocycles. The molecule has 1 saturated heterocycles. The molecule has 1 fully saturated rings. The highest BCUT2D eigenvalue weighted by Crippen LogP contribution is 2.38. The molecular formula is C11H18F3NO2S. The van der Waals surface area contributed by atoms with Gasteiger partial charge in [0.1, 0.15) is 5.60 Å². The summed E-state index contributed by atoms with van der Waals surface area (Å²) in [5.41, 5.74) is -4.77. The summed E-state index contributed by atoms with van der Waals surface area (Å²) in [6, 6.07) is 0. The van der Waals surface area contributed by atoms with Crippen LogP contribution in [0, 0.1) is 0 Å². The van der Waals surface area contributed by atoms with Gasteiger partial charge in [0.05, 0.1) is 0 Å². The first-order valence-corrected chi connectivity index (χ1v) is 6.67. The minimum Gasteiger partial charge on any atom is -0.444 e. The highest BCUT2D eigenvalue weighted by atomic mass is 32.2. The molecule has 0 saturated carbocycles. The minimum atomic E-state index is -4.20. The van der Waals surface area contributed by atoms with E-state index in [1.54, 1.807) is 20.8 Å². The number of carbonyl (C=O) groups excluding carboxylic acids is 1. The van der Waals surface area contributed by atoms with Crippen molar-refractivity contribution in [2.24, 2.45) is 0 Å². The molecule has 106 valence electrons. The maximum absolute atomic E-state index is 12.2. The first-order valence-electron chi connectivity index (χ1n) is 5.79. The van der Waals surface area contributed by atoms with E-state index in [0.29, 0.717) is 25.9 Å². The highest BCUT2D eigenvalue weighted by Gasteiger charge is 2.35. The van der Waals surface area contributed by atoms with Crippen LogP contribution in [0.3, 0.4) is 0 Å². The van der Waals surface area contributed by atoms with Crippen LogP contribution < -0.4 is 0 Å². The van der Waals surface area contributed by atoms with Crippen molar-refractivity contribution in [3.63, 3.8) is 0 Å². The summed E-state index contributed by atoms with van der Waals surface area (Å²) in [6.45, 7) is 5.93. The Bertz CT molecular complexity index is 294. The van der Waals surface area contributed by atoms with Crippen LogP contribution in [-0.2, 0) is 4.74 Å². The van der Waals surface area contributed by atoms with Crippen LogP contribution in [0.15, 0.2) is 0 Å². The number of thioether (sulfide) groups is 1. The van der Waals surface area contributed by atoms with Gasteiger partial charge in [0.2, 0.25) is 0 Å². The Morgan fingerprint density at radius 3 is 2.11 bits per heavy atom. The molecule has 0 atom stereocenters. The fourth-order valence-electron chi connectivity index (χ4n) is 1.67. The second-order valence-electron chi connectivity index (χ2n) is 5.23. The third-order valence-electron chi connectivity index (χ3n) is 2.39. The second kappa shape index (κ2) is 5.59. The Balaban J connectivity index is 2.37. The molecule has 1 aliphatic heterocycles.